The molecule has 1 aliphatic carbocycles. The van der Waals surface area contributed by atoms with Crippen molar-refractivity contribution in [2.45, 2.75) is 51.6 Å². The zero-order valence-corrected chi connectivity index (χ0v) is 12.9. The lowest BCUT2D eigenvalue weighted by Gasteiger charge is -2.34. The molecule has 6 heteroatoms. The van der Waals surface area contributed by atoms with Crippen molar-refractivity contribution < 1.29 is 19.4 Å². The quantitative estimate of drug-likeness (QED) is 0.828. The van der Waals surface area contributed by atoms with Gasteiger partial charge in [-0.25, -0.2) is 4.79 Å². The average Bonchev–Trinajstić information content (AvgIpc) is 2.91. The van der Waals surface area contributed by atoms with Crippen LogP contribution in [0.5, 0.6) is 0 Å². The van der Waals surface area contributed by atoms with E-state index in [-0.39, 0.29) is 24.7 Å². The van der Waals surface area contributed by atoms with E-state index in [4.69, 9.17) is 4.74 Å². The molecule has 1 aliphatic heterocycles. The number of hydrogen-bond acceptors (Lipinski definition) is 3. The Morgan fingerprint density at radius 1 is 1.29 bits per heavy atom. The van der Waals surface area contributed by atoms with Crippen LogP contribution in [-0.4, -0.2) is 53.8 Å². The summed E-state index contributed by atoms with van der Waals surface area (Å²) in [5.41, 5.74) is 0. The molecule has 4 unspecified atom stereocenters. The summed E-state index contributed by atoms with van der Waals surface area (Å²) in [6.45, 7) is 5.02. The van der Waals surface area contributed by atoms with E-state index in [1.807, 2.05) is 6.92 Å². The standard InChI is InChI=1S/C15H26N2O4/c1-3-17(13-9-21-8-11(13)14(18)19)15(20)16-12-7-5-4-6-10(12)2/h10-13H,3-9H2,1-2H3,(H,16,20)(H,18,19). The highest BCUT2D eigenvalue weighted by Crippen LogP contribution is 2.25. The number of nitrogens with zero attached hydrogens (tertiary/aromatic N) is 1. The molecule has 0 aromatic heterocycles. The van der Waals surface area contributed by atoms with E-state index in [2.05, 4.69) is 12.2 Å². The minimum atomic E-state index is -0.894. The van der Waals surface area contributed by atoms with Crippen LogP contribution in [0.4, 0.5) is 4.79 Å². The molecule has 2 fully saturated rings. The fourth-order valence-corrected chi connectivity index (χ4v) is 3.39. The van der Waals surface area contributed by atoms with Gasteiger partial charge in [-0.3, -0.25) is 4.79 Å². The maximum atomic E-state index is 12.5. The second-order valence-electron chi connectivity index (χ2n) is 6.15. The van der Waals surface area contributed by atoms with Gasteiger partial charge >= 0.3 is 12.0 Å². The smallest absolute Gasteiger partial charge is 0.317 e. The molecule has 2 aliphatic rings. The van der Waals surface area contributed by atoms with Crippen LogP contribution in [0.3, 0.4) is 0 Å². The molecule has 0 spiro atoms. The average molecular weight is 298 g/mol. The van der Waals surface area contributed by atoms with Crippen LogP contribution < -0.4 is 5.32 Å². The molecule has 2 amide bonds. The zero-order chi connectivity index (χ0) is 15.4. The van der Waals surface area contributed by atoms with Gasteiger partial charge in [-0.05, 0) is 25.7 Å². The van der Waals surface area contributed by atoms with Crippen LogP contribution in [0.15, 0.2) is 0 Å². The summed E-state index contributed by atoms with van der Waals surface area (Å²) in [4.78, 5) is 25.4. The number of hydrogen-bond donors (Lipinski definition) is 2. The molecule has 2 rings (SSSR count). The van der Waals surface area contributed by atoms with Crippen molar-refractivity contribution >= 4 is 12.0 Å². The molecule has 1 saturated carbocycles. The molecular weight excluding hydrogens is 272 g/mol. The van der Waals surface area contributed by atoms with Crippen LogP contribution >= 0.6 is 0 Å². The van der Waals surface area contributed by atoms with Crippen molar-refractivity contribution in [3.8, 4) is 0 Å². The fraction of sp³-hybridized carbons (Fsp3) is 0.867. The van der Waals surface area contributed by atoms with Crippen LogP contribution in [0.1, 0.15) is 39.5 Å². The summed E-state index contributed by atoms with van der Waals surface area (Å²) in [5, 5.41) is 12.3. The first-order chi connectivity index (χ1) is 10.0. The van der Waals surface area contributed by atoms with Crippen LogP contribution in [-0.2, 0) is 9.53 Å². The lowest BCUT2D eigenvalue weighted by molar-refractivity contribution is -0.142. The molecule has 6 nitrogen and oxygen atoms in total. The first kappa shape index (κ1) is 16.1. The number of rotatable bonds is 4. The monoisotopic (exact) mass is 298 g/mol. The van der Waals surface area contributed by atoms with Gasteiger partial charge in [-0.1, -0.05) is 19.8 Å². The first-order valence-corrected chi connectivity index (χ1v) is 7.92. The highest BCUT2D eigenvalue weighted by molar-refractivity contribution is 5.77. The predicted molar refractivity (Wildman–Crippen MR) is 78.1 cm³/mol. The van der Waals surface area contributed by atoms with E-state index in [9.17, 15) is 14.7 Å². The Labute approximate surface area is 125 Å². The lowest BCUT2D eigenvalue weighted by Crippen LogP contribution is -2.54. The number of nitrogens with one attached hydrogen (secondary N) is 1. The van der Waals surface area contributed by atoms with Gasteiger partial charge in [0.25, 0.3) is 0 Å². The number of urea groups is 1. The summed E-state index contributed by atoms with van der Waals surface area (Å²) in [7, 11) is 0. The van der Waals surface area contributed by atoms with Crippen molar-refractivity contribution in [1.29, 1.82) is 0 Å². The number of amides is 2. The molecular formula is C15H26N2O4. The largest absolute Gasteiger partial charge is 0.481 e. The lowest BCUT2D eigenvalue weighted by atomic mass is 9.86. The molecule has 0 aromatic carbocycles. The molecule has 0 bridgehead atoms. The van der Waals surface area contributed by atoms with E-state index < -0.39 is 11.9 Å². The van der Waals surface area contributed by atoms with Gasteiger partial charge in [-0.15, -0.1) is 0 Å². The fourth-order valence-electron chi connectivity index (χ4n) is 3.39. The number of likely N-dealkylation sites (N-methyl/N-ethyl adjacent to an activating group) is 1. The van der Waals surface area contributed by atoms with E-state index >= 15 is 0 Å². The van der Waals surface area contributed by atoms with Crippen molar-refractivity contribution in [3.63, 3.8) is 0 Å². The molecule has 1 heterocycles. The molecule has 4 atom stereocenters. The van der Waals surface area contributed by atoms with Crippen molar-refractivity contribution in [2.24, 2.45) is 11.8 Å². The van der Waals surface area contributed by atoms with E-state index in [1.54, 1.807) is 4.90 Å². The van der Waals surface area contributed by atoms with Crippen molar-refractivity contribution in [2.75, 3.05) is 19.8 Å². The van der Waals surface area contributed by atoms with Gasteiger partial charge in [-0.2, -0.15) is 0 Å². The van der Waals surface area contributed by atoms with E-state index in [1.165, 1.54) is 6.42 Å². The molecule has 21 heavy (non-hydrogen) atoms. The second kappa shape index (κ2) is 7.11. The third kappa shape index (κ3) is 3.67. The number of carbonyl (C=O) groups is 2. The Balaban J connectivity index is 1.99. The third-order valence-electron chi connectivity index (χ3n) is 4.79. The number of ether oxygens (including phenoxy) is 1. The topological polar surface area (TPSA) is 78.9 Å². The number of carboxylic acid groups (broad SMARTS) is 1. The Morgan fingerprint density at radius 3 is 2.62 bits per heavy atom. The highest BCUT2D eigenvalue weighted by Gasteiger charge is 2.40. The van der Waals surface area contributed by atoms with Crippen molar-refractivity contribution in [3.05, 3.63) is 0 Å². The van der Waals surface area contributed by atoms with Gasteiger partial charge in [0.15, 0.2) is 0 Å². The SMILES string of the molecule is CCN(C(=O)NC1CCCCC1C)C1COCC1C(=O)O. The zero-order valence-electron chi connectivity index (χ0n) is 12.9. The summed E-state index contributed by atoms with van der Waals surface area (Å²) >= 11 is 0. The number of carbonyl (C=O) groups excluding carboxylic acids is 1. The molecule has 0 radical (unpaired) electrons. The maximum Gasteiger partial charge on any atom is 0.317 e. The summed E-state index contributed by atoms with van der Waals surface area (Å²) in [6.07, 6.45) is 4.52. The molecule has 1 saturated heterocycles. The number of carboxylic acids is 1. The Kier molecular flexibility index (Phi) is 5.45. The van der Waals surface area contributed by atoms with E-state index in [0.29, 0.717) is 19.1 Å². The van der Waals surface area contributed by atoms with Crippen molar-refractivity contribution in [1.82, 2.24) is 10.2 Å². The minimum absolute atomic E-state index is 0.155. The van der Waals surface area contributed by atoms with E-state index in [0.717, 1.165) is 19.3 Å². The number of aliphatic carboxylic acids is 1. The third-order valence-corrected chi connectivity index (χ3v) is 4.79. The predicted octanol–water partition coefficient (Wildman–Crippen LogP) is 1.70. The van der Waals surface area contributed by atoms with Crippen LogP contribution in [0.2, 0.25) is 0 Å². The van der Waals surface area contributed by atoms with Gasteiger partial charge in [0.2, 0.25) is 0 Å². The van der Waals surface area contributed by atoms with Gasteiger partial charge in [0.1, 0.15) is 5.92 Å². The minimum Gasteiger partial charge on any atom is -0.481 e. The Hall–Kier alpha value is -1.30. The van der Waals surface area contributed by atoms with Crippen LogP contribution in [0, 0.1) is 11.8 Å². The Bertz CT molecular complexity index is 388. The van der Waals surface area contributed by atoms with Gasteiger partial charge in [0.05, 0.1) is 19.3 Å². The maximum absolute atomic E-state index is 12.5. The summed E-state index contributed by atoms with van der Waals surface area (Å²) in [6, 6.07) is -0.324. The summed E-state index contributed by atoms with van der Waals surface area (Å²) < 4.78 is 5.27. The first-order valence-electron chi connectivity index (χ1n) is 7.92. The molecule has 0 aromatic rings. The summed E-state index contributed by atoms with van der Waals surface area (Å²) in [5.74, 6) is -1.04. The second-order valence-corrected chi connectivity index (χ2v) is 6.15. The van der Waals surface area contributed by atoms with Gasteiger partial charge in [0, 0.05) is 12.6 Å². The molecule has 120 valence electrons. The molecule has 2 N–H and O–H groups in total. The van der Waals surface area contributed by atoms with Gasteiger partial charge < -0.3 is 20.1 Å². The van der Waals surface area contributed by atoms with Crippen LogP contribution in [0.25, 0.3) is 0 Å². The normalized spacial score (nSPS) is 32.7. The Morgan fingerprint density at radius 2 is 2.00 bits per heavy atom. The highest BCUT2D eigenvalue weighted by atomic mass is 16.5.